The van der Waals surface area contributed by atoms with Gasteiger partial charge in [0.25, 0.3) is 0 Å². The fourth-order valence-electron chi connectivity index (χ4n) is 5.36. The van der Waals surface area contributed by atoms with Gasteiger partial charge >= 0.3 is 0 Å². The molecule has 0 spiro atoms. The summed E-state index contributed by atoms with van der Waals surface area (Å²) in [6, 6.07) is 22.8. The zero-order valence-corrected chi connectivity index (χ0v) is 16.7. The molecule has 6 rings (SSSR count). The lowest BCUT2D eigenvalue weighted by Crippen LogP contribution is -2.31. The number of nitrogens with zero attached hydrogens (tertiary/aromatic N) is 1. The lowest BCUT2D eigenvalue weighted by atomic mass is 9.93. The lowest BCUT2D eigenvalue weighted by molar-refractivity contribution is 0.145. The molecule has 0 N–H and O–H groups in total. The van der Waals surface area contributed by atoms with Crippen molar-refractivity contribution in [3.8, 4) is 22.6 Å². The molecule has 0 radical (unpaired) electrons. The number of likely N-dealkylation sites (tertiary alicyclic amines) is 1. The van der Waals surface area contributed by atoms with Crippen molar-refractivity contribution >= 4 is 0 Å². The first-order valence-corrected chi connectivity index (χ1v) is 10.6. The Morgan fingerprint density at radius 3 is 2.72 bits per heavy atom. The third-order valence-corrected chi connectivity index (χ3v) is 6.81. The van der Waals surface area contributed by atoms with E-state index in [1.807, 2.05) is 6.07 Å². The van der Waals surface area contributed by atoms with Gasteiger partial charge in [0.2, 0.25) is 6.79 Å². The molecule has 146 valence electrons. The maximum atomic E-state index is 5.59. The average Bonchev–Trinajstić information content (AvgIpc) is 3.33. The van der Waals surface area contributed by atoms with Gasteiger partial charge in [-0.15, -0.1) is 0 Å². The standard InChI is InChI=1S/C26H25NO2/c1-17-5-8-19(9-6-17)21-3-2-4-22-20-11-12-27(23(14-20)26(21)22)15-18-7-10-24-25(13-18)29-16-28-24/h2-10,13,20,23H,11-12,14-16H2,1H3/t20-,23-/m1/s1. The third kappa shape index (κ3) is 2.84. The zero-order valence-electron chi connectivity index (χ0n) is 16.7. The number of rotatable bonds is 3. The minimum atomic E-state index is 0.333. The molecule has 3 aromatic carbocycles. The maximum Gasteiger partial charge on any atom is 0.231 e. The van der Waals surface area contributed by atoms with Gasteiger partial charge in [0, 0.05) is 12.6 Å². The van der Waals surface area contributed by atoms with Gasteiger partial charge in [0.15, 0.2) is 11.5 Å². The van der Waals surface area contributed by atoms with Crippen LogP contribution in [-0.2, 0) is 6.54 Å². The number of fused-ring (bicyclic) bond motifs is 6. The summed E-state index contributed by atoms with van der Waals surface area (Å²) in [5.41, 5.74) is 8.48. The van der Waals surface area contributed by atoms with Crippen LogP contribution in [0.3, 0.4) is 0 Å². The predicted octanol–water partition coefficient (Wildman–Crippen LogP) is 5.83. The molecule has 1 aliphatic carbocycles. The number of hydrogen-bond acceptors (Lipinski definition) is 3. The van der Waals surface area contributed by atoms with Crippen molar-refractivity contribution in [1.82, 2.24) is 4.90 Å². The lowest BCUT2D eigenvalue weighted by Gasteiger charge is -2.34. The SMILES string of the molecule is Cc1ccc(-c2cccc3c2[C@H]2C[C@H]3CCN2Cc2ccc3c(c2)OCO3)cc1. The Kier molecular flexibility index (Phi) is 3.91. The molecule has 3 heteroatoms. The van der Waals surface area contributed by atoms with Crippen LogP contribution in [0.2, 0.25) is 0 Å². The van der Waals surface area contributed by atoms with Crippen LogP contribution in [0.25, 0.3) is 11.1 Å². The molecule has 0 amide bonds. The fraction of sp³-hybridized carbons (Fsp3) is 0.308. The van der Waals surface area contributed by atoms with Crippen LogP contribution in [0.5, 0.6) is 11.5 Å². The molecule has 3 nitrogen and oxygen atoms in total. The molecular weight excluding hydrogens is 358 g/mol. The number of benzene rings is 3. The van der Waals surface area contributed by atoms with E-state index in [0.717, 1.165) is 24.6 Å². The molecule has 0 unspecified atom stereocenters. The second-order valence-corrected chi connectivity index (χ2v) is 8.57. The van der Waals surface area contributed by atoms with Crippen molar-refractivity contribution in [1.29, 1.82) is 0 Å². The summed E-state index contributed by atoms with van der Waals surface area (Å²) in [4.78, 5) is 2.66. The highest BCUT2D eigenvalue weighted by atomic mass is 16.7. The predicted molar refractivity (Wildman–Crippen MR) is 114 cm³/mol. The monoisotopic (exact) mass is 383 g/mol. The summed E-state index contributed by atoms with van der Waals surface area (Å²) >= 11 is 0. The molecule has 2 bridgehead atoms. The summed E-state index contributed by atoms with van der Waals surface area (Å²) in [7, 11) is 0. The van der Waals surface area contributed by atoms with Gasteiger partial charge < -0.3 is 9.47 Å². The zero-order chi connectivity index (χ0) is 19.4. The van der Waals surface area contributed by atoms with Crippen molar-refractivity contribution < 1.29 is 9.47 Å². The third-order valence-electron chi connectivity index (χ3n) is 6.81. The second-order valence-electron chi connectivity index (χ2n) is 8.57. The van der Waals surface area contributed by atoms with Crippen molar-refractivity contribution in [2.75, 3.05) is 13.3 Å². The highest BCUT2D eigenvalue weighted by molar-refractivity contribution is 5.71. The summed E-state index contributed by atoms with van der Waals surface area (Å²) in [5, 5.41) is 0. The number of ether oxygens (including phenoxy) is 2. The molecule has 2 aliphatic heterocycles. The van der Waals surface area contributed by atoms with Crippen molar-refractivity contribution in [2.24, 2.45) is 0 Å². The van der Waals surface area contributed by atoms with Crippen LogP contribution in [0.4, 0.5) is 0 Å². The van der Waals surface area contributed by atoms with Gasteiger partial charge in [0.1, 0.15) is 0 Å². The highest BCUT2D eigenvalue weighted by Crippen LogP contribution is 2.52. The van der Waals surface area contributed by atoms with E-state index in [-0.39, 0.29) is 0 Å². The Hall–Kier alpha value is -2.78. The molecular formula is C26H25NO2. The molecule has 2 heterocycles. The largest absolute Gasteiger partial charge is 0.454 e. The summed E-state index contributed by atoms with van der Waals surface area (Å²) < 4.78 is 11.1. The first-order chi connectivity index (χ1) is 14.3. The highest BCUT2D eigenvalue weighted by Gasteiger charge is 2.40. The van der Waals surface area contributed by atoms with E-state index < -0.39 is 0 Å². The smallest absolute Gasteiger partial charge is 0.231 e. The van der Waals surface area contributed by atoms with Gasteiger partial charge in [-0.3, -0.25) is 4.90 Å². The van der Waals surface area contributed by atoms with E-state index in [2.05, 4.69) is 66.4 Å². The molecule has 2 atom stereocenters. The van der Waals surface area contributed by atoms with Crippen LogP contribution in [0.15, 0.2) is 60.7 Å². The molecule has 1 fully saturated rings. The maximum absolute atomic E-state index is 5.59. The molecule has 29 heavy (non-hydrogen) atoms. The molecule has 0 saturated carbocycles. The molecule has 1 saturated heterocycles. The quantitative estimate of drug-likeness (QED) is 0.568. The van der Waals surface area contributed by atoms with Crippen LogP contribution in [0, 0.1) is 6.92 Å². The molecule has 3 aliphatic rings. The Morgan fingerprint density at radius 2 is 1.83 bits per heavy atom. The van der Waals surface area contributed by atoms with Crippen molar-refractivity contribution in [2.45, 2.75) is 38.3 Å². The molecule has 3 aromatic rings. The van der Waals surface area contributed by atoms with Gasteiger partial charge in [-0.1, -0.05) is 54.1 Å². The van der Waals surface area contributed by atoms with Crippen LogP contribution < -0.4 is 9.47 Å². The van der Waals surface area contributed by atoms with Gasteiger partial charge in [-0.2, -0.15) is 0 Å². The number of aryl methyl sites for hydroxylation is 1. The Bertz CT molecular complexity index is 1070. The van der Waals surface area contributed by atoms with Crippen LogP contribution in [0.1, 0.15) is 47.1 Å². The Morgan fingerprint density at radius 1 is 0.966 bits per heavy atom. The van der Waals surface area contributed by atoms with E-state index in [1.54, 1.807) is 11.1 Å². The van der Waals surface area contributed by atoms with Crippen molar-refractivity contribution in [3.05, 3.63) is 82.9 Å². The fourth-order valence-corrected chi connectivity index (χ4v) is 5.36. The number of hydrogen-bond donors (Lipinski definition) is 0. The summed E-state index contributed by atoms with van der Waals surface area (Å²) in [5.74, 6) is 2.44. The Balaban J connectivity index is 1.36. The van der Waals surface area contributed by atoms with E-state index in [4.69, 9.17) is 9.47 Å². The Labute approximate surface area is 171 Å². The summed E-state index contributed by atoms with van der Waals surface area (Å²) in [6.45, 7) is 4.58. The minimum Gasteiger partial charge on any atom is -0.454 e. The molecule has 0 aromatic heterocycles. The average molecular weight is 383 g/mol. The topological polar surface area (TPSA) is 21.7 Å². The van der Waals surface area contributed by atoms with Gasteiger partial charge in [-0.25, -0.2) is 0 Å². The van der Waals surface area contributed by atoms with Gasteiger partial charge in [0.05, 0.1) is 0 Å². The van der Waals surface area contributed by atoms with Crippen LogP contribution >= 0.6 is 0 Å². The minimum absolute atomic E-state index is 0.333. The van der Waals surface area contributed by atoms with Crippen LogP contribution in [-0.4, -0.2) is 18.2 Å². The first-order valence-electron chi connectivity index (χ1n) is 10.6. The van der Waals surface area contributed by atoms with E-state index in [9.17, 15) is 0 Å². The second kappa shape index (κ2) is 6.64. The summed E-state index contributed by atoms with van der Waals surface area (Å²) in [6.07, 6.45) is 2.48. The van der Waals surface area contributed by atoms with E-state index >= 15 is 0 Å². The van der Waals surface area contributed by atoms with E-state index in [1.165, 1.54) is 35.1 Å². The van der Waals surface area contributed by atoms with E-state index in [0.29, 0.717) is 18.8 Å². The van der Waals surface area contributed by atoms with Crippen molar-refractivity contribution in [3.63, 3.8) is 0 Å². The number of piperidine rings is 1. The first kappa shape index (κ1) is 17.1. The van der Waals surface area contributed by atoms with Gasteiger partial charge in [-0.05, 0) is 72.2 Å². The normalized spacial score (nSPS) is 22.0.